The molecule has 1 saturated heterocycles. The van der Waals surface area contributed by atoms with Gasteiger partial charge < -0.3 is 14.0 Å². The Hall–Kier alpha value is -2.10. The van der Waals surface area contributed by atoms with Crippen molar-refractivity contribution in [1.82, 2.24) is 18.8 Å². The predicted molar refractivity (Wildman–Crippen MR) is 104 cm³/mol. The number of methoxy groups -OCH3 is 2. The first-order chi connectivity index (χ1) is 13.4. The number of benzene rings is 1. The number of likely N-dealkylation sites (N-methyl/N-ethyl adjacent to an activating group) is 1. The Labute approximate surface area is 165 Å². The molecule has 0 radical (unpaired) electrons. The molecule has 0 unspecified atom stereocenters. The van der Waals surface area contributed by atoms with Crippen molar-refractivity contribution in [2.45, 2.75) is 29.8 Å². The second-order valence-electron chi connectivity index (χ2n) is 7.32. The third kappa shape index (κ3) is 2.89. The van der Waals surface area contributed by atoms with Gasteiger partial charge in [-0.25, -0.2) is 13.4 Å². The molecule has 0 atom stereocenters. The number of hydrogen-bond acceptors (Lipinski definition) is 6. The van der Waals surface area contributed by atoms with Gasteiger partial charge in [-0.15, -0.1) is 0 Å². The van der Waals surface area contributed by atoms with Crippen LogP contribution in [0.3, 0.4) is 0 Å². The molecule has 1 aromatic carbocycles. The van der Waals surface area contributed by atoms with Crippen LogP contribution in [0.1, 0.15) is 18.7 Å². The first kappa shape index (κ1) is 19.2. The molecule has 2 aliphatic heterocycles. The summed E-state index contributed by atoms with van der Waals surface area (Å²) in [6, 6.07) is 4.72. The summed E-state index contributed by atoms with van der Waals surface area (Å²) in [5.74, 6) is 1.96. The highest BCUT2D eigenvalue weighted by molar-refractivity contribution is 7.89. The van der Waals surface area contributed by atoms with Gasteiger partial charge in [0.15, 0.2) is 11.5 Å². The van der Waals surface area contributed by atoms with E-state index in [-0.39, 0.29) is 10.4 Å². The van der Waals surface area contributed by atoms with Crippen molar-refractivity contribution in [3.63, 3.8) is 0 Å². The fourth-order valence-electron chi connectivity index (χ4n) is 4.37. The van der Waals surface area contributed by atoms with Crippen LogP contribution < -0.4 is 9.47 Å². The average Bonchev–Trinajstić information content (AvgIpc) is 3.20. The van der Waals surface area contributed by atoms with Gasteiger partial charge in [-0.3, -0.25) is 4.90 Å². The van der Waals surface area contributed by atoms with Crippen LogP contribution in [-0.4, -0.2) is 68.1 Å². The van der Waals surface area contributed by atoms with E-state index >= 15 is 0 Å². The molecule has 9 heteroatoms. The zero-order valence-corrected chi connectivity index (χ0v) is 17.3. The molecule has 1 aromatic heterocycles. The molecule has 0 bridgehead atoms. The van der Waals surface area contributed by atoms with Crippen molar-refractivity contribution in [1.29, 1.82) is 0 Å². The van der Waals surface area contributed by atoms with Crippen LogP contribution in [0, 0.1) is 0 Å². The lowest BCUT2D eigenvalue weighted by Gasteiger charge is -2.49. The molecule has 2 aliphatic rings. The minimum Gasteiger partial charge on any atom is -0.493 e. The summed E-state index contributed by atoms with van der Waals surface area (Å²) >= 11 is 0. The molecule has 1 spiro atoms. The number of rotatable bonds is 4. The van der Waals surface area contributed by atoms with E-state index in [0.717, 1.165) is 18.9 Å². The third-order valence-electron chi connectivity index (χ3n) is 6.08. The highest BCUT2D eigenvalue weighted by atomic mass is 32.2. The number of piperidine rings is 1. The summed E-state index contributed by atoms with van der Waals surface area (Å²) in [7, 11) is 1.53. The Morgan fingerprint density at radius 2 is 1.75 bits per heavy atom. The van der Waals surface area contributed by atoms with Gasteiger partial charge >= 0.3 is 0 Å². The number of nitrogens with zero attached hydrogens (tertiary/aromatic N) is 4. The van der Waals surface area contributed by atoms with Crippen molar-refractivity contribution < 1.29 is 17.9 Å². The number of ether oxygens (including phenoxy) is 2. The maximum Gasteiger partial charge on any atom is 0.243 e. The zero-order chi connectivity index (χ0) is 19.9. The second-order valence-corrected chi connectivity index (χ2v) is 9.26. The molecular formula is C19H26N4O4S. The first-order valence-corrected chi connectivity index (χ1v) is 10.8. The Morgan fingerprint density at radius 1 is 1.04 bits per heavy atom. The van der Waals surface area contributed by atoms with Crippen LogP contribution in [-0.2, 0) is 22.1 Å². The van der Waals surface area contributed by atoms with Gasteiger partial charge in [0.05, 0.1) is 24.7 Å². The van der Waals surface area contributed by atoms with Crippen molar-refractivity contribution in [3.8, 4) is 11.5 Å². The zero-order valence-electron chi connectivity index (χ0n) is 16.5. The quantitative estimate of drug-likeness (QED) is 0.766. The summed E-state index contributed by atoms with van der Waals surface area (Å²) in [5, 5.41) is 0. The molecular weight excluding hydrogens is 380 g/mol. The summed E-state index contributed by atoms with van der Waals surface area (Å²) < 4.78 is 40.6. The van der Waals surface area contributed by atoms with Gasteiger partial charge in [-0.05, 0) is 32.0 Å². The minimum absolute atomic E-state index is 0.203. The van der Waals surface area contributed by atoms with E-state index in [1.54, 1.807) is 16.4 Å². The fraction of sp³-hybridized carbons (Fsp3) is 0.526. The van der Waals surface area contributed by atoms with Gasteiger partial charge in [-0.2, -0.15) is 4.31 Å². The van der Waals surface area contributed by atoms with Crippen LogP contribution in [0.4, 0.5) is 0 Å². The molecule has 152 valence electrons. The second kappa shape index (κ2) is 7.06. The number of imidazole rings is 1. The lowest BCUT2D eigenvalue weighted by Crippen LogP contribution is -2.56. The van der Waals surface area contributed by atoms with Gasteiger partial charge in [0.1, 0.15) is 5.82 Å². The molecule has 1 fully saturated rings. The monoisotopic (exact) mass is 406 g/mol. The highest BCUT2D eigenvalue weighted by Crippen LogP contribution is 2.41. The molecule has 2 aromatic rings. The molecule has 0 aliphatic carbocycles. The van der Waals surface area contributed by atoms with E-state index < -0.39 is 10.0 Å². The molecule has 3 heterocycles. The Kier molecular flexibility index (Phi) is 4.84. The number of hydrogen-bond donors (Lipinski definition) is 0. The SMILES string of the molecule is COc1ccc(S(=O)(=O)N2CCC3(CC2)c2nccn2CCN3C)cc1OC. The maximum atomic E-state index is 13.2. The third-order valence-corrected chi connectivity index (χ3v) is 7.98. The largest absolute Gasteiger partial charge is 0.493 e. The van der Waals surface area contributed by atoms with Crippen molar-refractivity contribution in [2.24, 2.45) is 0 Å². The van der Waals surface area contributed by atoms with Crippen molar-refractivity contribution in [2.75, 3.05) is 40.9 Å². The van der Waals surface area contributed by atoms with Gasteiger partial charge in [0.25, 0.3) is 0 Å². The van der Waals surface area contributed by atoms with Crippen molar-refractivity contribution in [3.05, 3.63) is 36.4 Å². The molecule has 4 rings (SSSR count). The van der Waals surface area contributed by atoms with Crippen molar-refractivity contribution >= 4 is 10.0 Å². The number of fused-ring (bicyclic) bond motifs is 2. The average molecular weight is 407 g/mol. The molecule has 0 amide bonds. The van der Waals surface area contributed by atoms with Gasteiger partial charge in [0, 0.05) is 44.6 Å². The number of sulfonamides is 1. The van der Waals surface area contributed by atoms with E-state index in [1.165, 1.54) is 20.3 Å². The Bertz CT molecular complexity index is 964. The van der Waals surface area contributed by atoms with Gasteiger partial charge in [0.2, 0.25) is 10.0 Å². The topological polar surface area (TPSA) is 76.9 Å². The van der Waals surface area contributed by atoms with Crippen LogP contribution in [0.25, 0.3) is 0 Å². The normalized spacial score (nSPS) is 20.1. The molecule has 0 saturated carbocycles. The first-order valence-electron chi connectivity index (χ1n) is 9.37. The van der Waals surface area contributed by atoms with Gasteiger partial charge in [-0.1, -0.05) is 0 Å². The summed E-state index contributed by atoms with van der Waals surface area (Å²) in [6.07, 6.45) is 5.28. The highest BCUT2D eigenvalue weighted by Gasteiger charge is 2.46. The Balaban J connectivity index is 1.59. The molecule has 0 N–H and O–H groups in total. The van der Waals surface area contributed by atoms with E-state index in [4.69, 9.17) is 9.47 Å². The van der Waals surface area contributed by atoms with E-state index in [1.807, 2.05) is 12.4 Å². The fourth-order valence-corrected chi connectivity index (χ4v) is 5.82. The molecule has 8 nitrogen and oxygen atoms in total. The van der Waals surface area contributed by atoms with Crippen LogP contribution in [0.5, 0.6) is 11.5 Å². The summed E-state index contributed by atoms with van der Waals surface area (Å²) in [4.78, 5) is 7.15. The molecule has 28 heavy (non-hydrogen) atoms. The smallest absolute Gasteiger partial charge is 0.243 e. The maximum absolute atomic E-state index is 13.2. The van der Waals surface area contributed by atoms with Crippen LogP contribution >= 0.6 is 0 Å². The minimum atomic E-state index is -3.60. The summed E-state index contributed by atoms with van der Waals surface area (Å²) in [5.41, 5.74) is -0.203. The number of aromatic nitrogens is 2. The van der Waals surface area contributed by atoms with Crippen LogP contribution in [0.15, 0.2) is 35.5 Å². The standard InChI is InChI=1S/C19H26N4O4S/c1-21-12-13-22-11-8-20-18(22)19(21)6-9-23(10-7-19)28(24,25)15-4-5-16(26-2)17(14-15)27-3/h4-5,8,11,14H,6-7,9-10,12-13H2,1-3H3. The summed E-state index contributed by atoms with van der Waals surface area (Å²) in [6.45, 7) is 2.76. The van der Waals surface area contributed by atoms with Crippen LogP contribution in [0.2, 0.25) is 0 Å². The predicted octanol–water partition coefficient (Wildman–Crippen LogP) is 1.53. The van der Waals surface area contributed by atoms with E-state index in [9.17, 15) is 8.42 Å². The lowest BCUT2D eigenvalue weighted by atomic mass is 9.84. The van der Waals surface area contributed by atoms with E-state index in [0.29, 0.717) is 37.4 Å². The van der Waals surface area contributed by atoms with E-state index in [2.05, 4.69) is 21.5 Å². The Morgan fingerprint density at radius 3 is 2.43 bits per heavy atom. The lowest BCUT2D eigenvalue weighted by molar-refractivity contribution is 0.0271.